The first-order valence-corrected chi connectivity index (χ1v) is 7.81. The third-order valence-electron chi connectivity index (χ3n) is 3.99. The maximum Gasteiger partial charge on any atom is 0.270 e. The highest BCUT2D eigenvalue weighted by Crippen LogP contribution is 2.18. The second-order valence-electron chi connectivity index (χ2n) is 5.80. The molecular weight excluding hydrogens is 278 g/mol. The van der Waals surface area contributed by atoms with Crippen molar-refractivity contribution in [2.45, 2.75) is 52.1 Å². The van der Waals surface area contributed by atoms with Crippen molar-refractivity contribution in [3.05, 3.63) is 41.2 Å². The van der Waals surface area contributed by atoms with Crippen LogP contribution < -0.4 is 5.32 Å². The van der Waals surface area contributed by atoms with Crippen molar-refractivity contribution in [1.29, 1.82) is 0 Å². The highest BCUT2D eigenvalue weighted by molar-refractivity contribution is 5.92. The highest BCUT2D eigenvalue weighted by Gasteiger charge is 2.21. The third-order valence-corrected chi connectivity index (χ3v) is 3.99. The van der Waals surface area contributed by atoms with E-state index in [9.17, 15) is 4.79 Å². The Bertz CT molecular complexity index is 679. The number of nitrogens with zero attached hydrogens (tertiary/aromatic N) is 4. The van der Waals surface area contributed by atoms with Gasteiger partial charge in [0.1, 0.15) is 11.5 Å². The summed E-state index contributed by atoms with van der Waals surface area (Å²) in [5, 5.41) is 11.5. The van der Waals surface area contributed by atoms with E-state index in [1.807, 2.05) is 26.0 Å². The first-order chi connectivity index (χ1) is 10.6. The van der Waals surface area contributed by atoms with Crippen LogP contribution in [0.15, 0.2) is 18.2 Å². The number of aryl methyl sites for hydroxylation is 2. The second-order valence-corrected chi connectivity index (χ2v) is 5.80. The molecule has 1 atom stereocenters. The Labute approximate surface area is 130 Å². The molecule has 22 heavy (non-hydrogen) atoms. The van der Waals surface area contributed by atoms with E-state index in [0.29, 0.717) is 5.69 Å². The molecule has 0 radical (unpaired) electrons. The van der Waals surface area contributed by atoms with Crippen molar-refractivity contribution in [3.63, 3.8) is 0 Å². The number of carbonyl (C=O) groups excluding carboxylic acids is 1. The van der Waals surface area contributed by atoms with Gasteiger partial charge in [-0.1, -0.05) is 12.5 Å². The Kier molecular flexibility index (Phi) is 4.18. The van der Waals surface area contributed by atoms with Crippen molar-refractivity contribution < 1.29 is 4.79 Å². The van der Waals surface area contributed by atoms with E-state index in [0.717, 1.165) is 43.1 Å². The minimum atomic E-state index is -0.186. The summed E-state index contributed by atoms with van der Waals surface area (Å²) in [7, 11) is 0. The Morgan fingerprint density at radius 1 is 1.27 bits per heavy atom. The van der Waals surface area contributed by atoms with Gasteiger partial charge in [-0.25, -0.2) is 4.98 Å². The lowest BCUT2D eigenvalue weighted by Gasteiger charge is -2.15. The second kappa shape index (κ2) is 6.25. The number of hydrogen-bond acceptors (Lipinski definition) is 4. The average molecular weight is 299 g/mol. The van der Waals surface area contributed by atoms with Crippen molar-refractivity contribution in [2.75, 3.05) is 0 Å². The molecule has 6 nitrogen and oxygen atoms in total. The van der Waals surface area contributed by atoms with E-state index in [1.165, 1.54) is 6.42 Å². The number of fused-ring (bicyclic) bond motifs is 1. The van der Waals surface area contributed by atoms with Crippen LogP contribution in [0.5, 0.6) is 0 Å². The van der Waals surface area contributed by atoms with E-state index in [4.69, 9.17) is 0 Å². The molecular formula is C16H21N5O. The first kappa shape index (κ1) is 14.7. The molecule has 0 spiro atoms. The molecule has 2 aromatic rings. The van der Waals surface area contributed by atoms with Gasteiger partial charge in [-0.05, 0) is 38.8 Å². The zero-order valence-electron chi connectivity index (χ0n) is 13.0. The largest absolute Gasteiger partial charge is 0.341 e. The summed E-state index contributed by atoms with van der Waals surface area (Å²) in [5.41, 5.74) is 1.26. The molecule has 0 fully saturated rings. The smallest absolute Gasteiger partial charge is 0.270 e. The van der Waals surface area contributed by atoms with Gasteiger partial charge in [0, 0.05) is 18.7 Å². The minimum absolute atomic E-state index is 0.179. The quantitative estimate of drug-likeness (QED) is 0.943. The van der Waals surface area contributed by atoms with Crippen LogP contribution in [0.3, 0.4) is 0 Å². The number of amides is 1. The van der Waals surface area contributed by atoms with Crippen LogP contribution in [0.1, 0.15) is 60.1 Å². The Balaban J connectivity index is 1.76. The number of aromatic nitrogens is 4. The molecule has 0 unspecified atom stereocenters. The predicted octanol–water partition coefficient (Wildman–Crippen LogP) is 2.20. The zero-order valence-corrected chi connectivity index (χ0v) is 13.0. The van der Waals surface area contributed by atoms with E-state index in [-0.39, 0.29) is 11.9 Å². The number of hydrogen-bond donors (Lipinski definition) is 1. The maximum absolute atomic E-state index is 12.3. The van der Waals surface area contributed by atoms with Crippen LogP contribution in [0.4, 0.5) is 0 Å². The van der Waals surface area contributed by atoms with Crippen molar-refractivity contribution >= 4 is 5.91 Å². The predicted molar refractivity (Wildman–Crippen MR) is 82.4 cm³/mol. The number of rotatable bonds is 3. The lowest BCUT2D eigenvalue weighted by molar-refractivity contribution is 0.0932. The summed E-state index contributed by atoms with van der Waals surface area (Å²) in [6.07, 6.45) is 4.48. The third kappa shape index (κ3) is 3.00. The Morgan fingerprint density at radius 3 is 2.95 bits per heavy atom. The zero-order chi connectivity index (χ0) is 15.5. The van der Waals surface area contributed by atoms with Gasteiger partial charge in [-0.15, -0.1) is 10.2 Å². The highest BCUT2D eigenvalue weighted by atomic mass is 16.1. The monoisotopic (exact) mass is 299 g/mol. The van der Waals surface area contributed by atoms with Gasteiger partial charge in [0.25, 0.3) is 5.91 Å². The van der Waals surface area contributed by atoms with Crippen molar-refractivity contribution in [3.8, 4) is 0 Å². The van der Waals surface area contributed by atoms with Crippen LogP contribution in [0.25, 0.3) is 0 Å². The van der Waals surface area contributed by atoms with Gasteiger partial charge in [-0.2, -0.15) is 0 Å². The molecule has 0 aliphatic carbocycles. The van der Waals surface area contributed by atoms with E-state index >= 15 is 0 Å². The summed E-state index contributed by atoms with van der Waals surface area (Å²) in [6, 6.07) is 5.25. The molecule has 1 N–H and O–H groups in total. The Morgan fingerprint density at radius 2 is 2.14 bits per heavy atom. The molecule has 0 saturated carbocycles. The molecule has 6 heteroatoms. The number of nitrogens with one attached hydrogen (secondary N) is 1. The first-order valence-electron chi connectivity index (χ1n) is 7.81. The molecule has 0 bridgehead atoms. The maximum atomic E-state index is 12.3. The van der Waals surface area contributed by atoms with E-state index < -0.39 is 0 Å². The SMILES string of the molecule is Cc1cccc(C(=O)N[C@H](C)c2nnc3n2CCCCC3)n1. The molecule has 2 aromatic heterocycles. The van der Waals surface area contributed by atoms with Gasteiger partial charge in [0.2, 0.25) is 0 Å². The standard InChI is InChI=1S/C16H21N5O/c1-11-7-6-8-13(17-11)16(22)18-12(2)15-20-19-14-9-4-3-5-10-21(14)15/h6-8,12H,3-5,9-10H2,1-2H3,(H,18,22)/t12-/m1/s1. The van der Waals surface area contributed by atoms with E-state index in [1.54, 1.807) is 6.07 Å². The van der Waals surface area contributed by atoms with Gasteiger partial charge in [0.15, 0.2) is 5.82 Å². The molecule has 1 amide bonds. The van der Waals surface area contributed by atoms with Gasteiger partial charge in [-0.3, -0.25) is 4.79 Å². The fourth-order valence-electron chi connectivity index (χ4n) is 2.83. The van der Waals surface area contributed by atoms with E-state index in [2.05, 4.69) is 25.1 Å². The molecule has 116 valence electrons. The van der Waals surface area contributed by atoms with Crippen LogP contribution in [-0.2, 0) is 13.0 Å². The molecule has 1 aliphatic rings. The van der Waals surface area contributed by atoms with Crippen molar-refractivity contribution in [2.24, 2.45) is 0 Å². The molecule has 0 aromatic carbocycles. The van der Waals surface area contributed by atoms with Crippen LogP contribution in [0.2, 0.25) is 0 Å². The van der Waals surface area contributed by atoms with Gasteiger partial charge >= 0.3 is 0 Å². The van der Waals surface area contributed by atoms with Crippen molar-refractivity contribution in [1.82, 2.24) is 25.1 Å². The summed E-state index contributed by atoms with van der Waals surface area (Å²) < 4.78 is 2.15. The fourth-order valence-corrected chi connectivity index (χ4v) is 2.83. The molecule has 3 heterocycles. The normalized spacial score (nSPS) is 15.7. The summed E-state index contributed by atoms with van der Waals surface area (Å²) in [4.78, 5) is 16.6. The number of carbonyl (C=O) groups is 1. The summed E-state index contributed by atoms with van der Waals surface area (Å²) in [6.45, 7) is 4.75. The topological polar surface area (TPSA) is 72.7 Å². The number of pyridine rings is 1. The van der Waals surface area contributed by atoms with Gasteiger partial charge in [0.05, 0.1) is 6.04 Å². The summed E-state index contributed by atoms with van der Waals surface area (Å²) >= 11 is 0. The lowest BCUT2D eigenvalue weighted by Crippen LogP contribution is -2.29. The Hall–Kier alpha value is -2.24. The van der Waals surface area contributed by atoms with Crippen LogP contribution >= 0.6 is 0 Å². The summed E-state index contributed by atoms with van der Waals surface area (Å²) in [5.74, 6) is 1.68. The molecule has 0 saturated heterocycles. The molecule has 1 aliphatic heterocycles. The fraction of sp³-hybridized carbons (Fsp3) is 0.500. The lowest BCUT2D eigenvalue weighted by atomic mass is 10.2. The van der Waals surface area contributed by atoms with Crippen LogP contribution in [-0.4, -0.2) is 25.7 Å². The minimum Gasteiger partial charge on any atom is -0.341 e. The van der Waals surface area contributed by atoms with Crippen LogP contribution in [0, 0.1) is 6.92 Å². The van der Waals surface area contributed by atoms with Gasteiger partial charge < -0.3 is 9.88 Å². The molecule has 3 rings (SSSR count). The average Bonchev–Trinajstić information content (AvgIpc) is 2.76.